The van der Waals surface area contributed by atoms with Crippen LogP contribution in [-0.4, -0.2) is 22.4 Å². The van der Waals surface area contributed by atoms with Gasteiger partial charge in [-0.2, -0.15) is 18.6 Å². The van der Waals surface area contributed by atoms with Crippen LogP contribution in [0.1, 0.15) is 11.1 Å². The highest BCUT2D eigenvalue weighted by Gasteiger charge is 2.06. The number of hydrogen-bond acceptors (Lipinski definition) is 3. The molecule has 0 aliphatic rings. The molecule has 0 saturated carbocycles. The molecule has 2 rings (SSSR count). The van der Waals surface area contributed by atoms with Crippen LogP contribution < -0.4 is 10.5 Å². The Labute approximate surface area is 107 Å². The Morgan fingerprint density at radius 2 is 2.00 bits per heavy atom. The molecule has 1 radical (unpaired) electrons. The highest BCUT2D eigenvalue weighted by molar-refractivity contribution is 5.73. The van der Waals surface area contributed by atoms with Crippen molar-refractivity contribution in [3.05, 3.63) is 54.2 Å². The number of primary amides is 1. The van der Waals surface area contributed by atoms with Crippen LogP contribution in [0.5, 0.6) is 5.75 Å². The summed E-state index contributed by atoms with van der Waals surface area (Å²) in [7, 11) is 0. The van der Waals surface area contributed by atoms with Crippen molar-refractivity contribution < 1.29 is 18.3 Å². The average Bonchev–Trinajstić information content (AvgIpc) is 2.80. The molecule has 0 bridgehead atoms. The molecule has 0 aliphatic carbocycles. The van der Waals surface area contributed by atoms with E-state index >= 15 is 0 Å². The predicted octanol–water partition coefficient (Wildman–Crippen LogP) is 2.01. The van der Waals surface area contributed by atoms with Crippen LogP contribution in [0.4, 0.5) is 13.6 Å². The van der Waals surface area contributed by atoms with Gasteiger partial charge in [-0.05, 0) is 23.3 Å². The molecule has 19 heavy (non-hydrogen) atoms. The Bertz CT molecular complexity index is 567. The van der Waals surface area contributed by atoms with Crippen LogP contribution in [0.15, 0.2) is 36.7 Å². The van der Waals surface area contributed by atoms with Crippen molar-refractivity contribution in [3.8, 4) is 5.75 Å². The highest BCUT2D eigenvalue weighted by atomic mass is 19.3. The normalized spacial score (nSPS) is 10.7. The number of aromatic nitrogens is 2. The van der Waals surface area contributed by atoms with Crippen LogP contribution >= 0.6 is 0 Å². The summed E-state index contributed by atoms with van der Waals surface area (Å²) in [6, 6.07) is 5.39. The van der Waals surface area contributed by atoms with Crippen LogP contribution in [0, 0.1) is 6.42 Å². The lowest BCUT2D eigenvalue weighted by Crippen LogP contribution is -2.19. The lowest BCUT2D eigenvalue weighted by Gasteiger charge is -2.04. The van der Waals surface area contributed by atoms with E-state index in [0.29, 0.717) is 5.56 Å². The van der Waals surface area contributed by atoms with Crippen molar-refractivity contribution in [2.75, 3.05) is 0 Å². The molecule has 2 aromatic rings. The third-order valence-electron chi connectivity index (χ3n) is 2.27. The minimum atomic E-state index is -2.84. The molecule has 0 unspecified atom stereocenters. The molecule has 99 valence electrons. The number of carbonyl (C=O) groups excluding carboxylic acids is 1. The summed E-state index contributed by atoms with van der Waals surface area (Å²) in [5.74, 6) is 0.0833. The van der Waals surface area contributed by atoms with Crippen molar-refractivity contribution in [2.45, 2.75) is 6.61 Å². The molecule has 2 N–H and O–H groups in total. The summed E-state index contributed by atoms with van der Waals surface area (Å²) in [4.78, 5) is 10.8. The quantitative estimate of drug-likeness (QED) is 0.920. The van der Waals surface area contributed by atoms with Gasteiger partial charge in [0, 0.05) is 12.6 Å². The molecular weight excluding hydrogens is 256 g/mol. The molecule has 0 fully saturated rings. The summed E-state index contributed by atoms with van der Waals surface area (Å²) in [6.45, 7) is -2.84. The van der Waals surface area contributed by atoms with E-state index in [1.54, 1.807) is 18.6 Å². The molecule has 1 aromatic heterocycles. The summed E-state index contributed by atoms with van der Waals surface area (Å²) >= 11 is 0. The highest BCUT2D eigenvalue weighted by Crippen LogP contribution is 2.17. The lowest BCUT2D eigenvalue weighted by molar-refractivity contribution is -0.0498. The van der Waals surface area contributed by atoms with Gasteiger partial charge in [-0.15, -0.1) is 0 Å². The second kappa shape index (κ2) is 5.47. The van der Waals surface area contributed by atoms with Gasteiger partial charge in [0.15, 0.2) is 0 Å². The van der Waals surface area contributed by atoms with E-state index in [4.69, 9.17) is 5.73 Å². The molecular formula is C12H10F2N3O2. The third-order valence-corrected chi connectivity index (χ3v) is 2.27. The van der Waals surface area contributed by atoms with Crippen LogP contribution in [0.3, 0.4) is 0 Å². The van der Waals surface area contributed by atoms with Gasteiger partial charge >= 0.3 is 12.6 Å². The van der Waals surface area contributed by atoms with E-state index in [1.807, 2.05) is 0 Å². The number of benzene rings is 1. The van der Waals surface area contributed by atoms with E-state index in [2.05, 4.69) is 9.84 Å². The molecule has 1 aromatic carbocycles. The zero-order chi connectivity index (χ0) is 13.8. The maximum atomic E-state index is 12.0. The molecule has 0 aliphatic heterocycles. The molecule has 0 saturated heterocycles. The first kappa shape index (κ1) is 13.0. The van der Waals surface area contributed by atoms with Crippen LogP contribution in [-0.2, 0) is 0 Å². The van der Waals surface area contributed by atoms with Gasteiger partial charge in [-0.1, -0.05) is 12.1 Å². The number of alkyl halides is 2. The number of amides is 1. The molecule has 0 spiro atoms. The number of rotatable bonds is 4. The SMILES string of the molecule is NC(=O)n1cc([CH]c2ccc(OC(F)F)cc2)cn1. The van der Waals surface area contributed by atoms with Gasteiger partial charge in [0.2, 0.25) is 0 Å². The molecule has 0 atom stereocenters. The fourth-order valence-electron chi connectivity index (χ4n) is 1.47. The Kier molecular flexibility index (Phi) is 3.74. The van der Waals surface area contributed by atoms with Gasteiger partial charge in [-0.3, -0.25) is 0 Å². The second-order valence-corrected chi connectivity index (χ2v) is 3.65. The number of carbonyl (C=O) groups is 1. The Balaban J connectivity index is 2.04. The zero-order valence-corrected chi connectivity index (χ0v) is 9.66. The maximum Gasteiger partial charge on any atom is 0.387 e. The maximum absolute atomic E-state index is 12.0. The number of halogens is 2. The zero-order valence-electron chi connectivity index (χ0n) is 9.66. The van der Waals surface area contributed by atoms with Gasteiger partial charge in [-0.25, -0.2) is 4.79 Å². The Morgan fingerprint density at radius 1 is 1.32 bits per heavy atom. The Morgan fingerprint density at radius 3 is 2.53 bits per heavy atom. The summed E-state index contributed by atoms with van der Waals surface area (Å²) < 4.78 is 29.2. The van der Waals surface area contributed by atoms with E-state index in [-0.39, 0.29) is 5.75 Å². The first-order valence-electron chi connectivity index (χ1n) is 5.29. The molecule has 5 nitrogen and oxygen atoms in total. The van der Waals surface area contributed by atoms with E-state index in [1.165, 1.54) is 24.5 Å². The fourth-order valence-corrected chi connectivity index (χ4v) is 1.47. The predicted molar refractivity (Wildman–Crippen MR) is 62.8 cm³/mol. The largest absolute Gasteiger partial charge is 0.435 e. The van der Waals surface area contributed by atoms with Crippen LogP contribution in [0.2, 0.25) is 0 Å². The molecule has 1 heterocycles. The first-order valence-corrected chi connectivity index (χ1v) is 5.29. The average molecular weight is 266 g/mol. The fraction of sp³-hybridized carbons (Fsp3) is 0.0833. The van der Waals surface area contributed by atoms with Gasteiger partial charge in [0.05, 0.1) is 6.20 Å². The lowest BCUT2D eigenvalue weighted by atomic mass is 10.1. The van der Waals surface area contributed by atoms with Crippen LogP contribution in [0.25, 0.3) is 0 Å². The van der Waals surface area contributed by atoms with Gasteiger partial charge in [0.25, 0.3) is 0 Å². The van der Waals surface area contributed by atoms with Gasteiger partial charge in [0.1, 0.15) is 5.75 Å². The monoisotopic (exact) mass is 266 g/mol. The van der Waals surface area contributed by atoms with E-state index in [0.717, 1.165) is 10.2 Å². The standard InChI is InChI=1S/C12H10F2N3O2/c13-11(14)19-10-3-1-8(2-4-10)5-9-6-16-17(7-9)12(15)18/h1-7,11H,(H2,15,18). The van der Waals surface area contributed by atoms with Crippen molar-refractivity contribution in [2.24, 2.45) is 5.73 Å². The third kappa shape index (κ3) is 3.51. The molecule has 7 heteroatoms. The number of ether oxygens (including phenoxy) is 1. The summed E-state index contributed by atoms with van der Waals surface area (Å²) in [5.41, 5.74) is 6.47. The minimum Gasteiger partial charge on any atom is -0.435 e. The smallest absolute Gasteiger partial charge is 0.387 e. The van der Waals surface area contributed by atoms with E-state index < -0.39 is 12.6 Å². The summed E-state index contributed by atoms with van der Waals surface area (Å²) in [5, 5.41) is 3.76. The first-order chi connectivity index (χ1) is 9.04. The second-order valence-electron chi connectivity index (χ2n) is 3.65. The van der Waals surface area contributed by atoms with E-state index in [9.17, 15) is 13.6 Å². The number of hydrogen-bond donors (Lipinski definition) is 1. The number of nitrogens with zero attached hydrogens (tertiary/aromatic N) is 2. The topological polar surface area (TPSA) is 70.1 Å². The summed E-state index contributed by atoms with van der Waals surface area (Å²) in [6.07, 6.45) is 4.65. The van der Waals surface area contributed by atoms with Crippen molar-refractivity contribution in [3.63, 3.8) is 0 Å². The Hall–Kier alpha value is -2.44. The van der Waals surface area contributed by atoms with Crippen molar-refractivity contribution in [1.82, 2.24) is 9.78 Å². The molecule has 1 amide bonds. The van der Waals surface area contributed by atoms with Crippen molar-refractivity contribution in [1.29, 1.82) is 0 Å². The minimum absolute atomic E-state index is 0.0833. The van der Waals surface area contributed by atoms with Gasteiger partial charge < -0.3 is 10.5 Å². The number of nitrogens with two attached hydrogens (primary N) is 1. The van der Waals surface area contributed by atoms with Crippen molar-refractivity contribution >= 4 is 6.03 Å².